The van der Waals surface area contributed by atoms with Gasteiger partial charge in [-0.15, -0.1) is 5.10 Å². The van der Waals surface area contributed by atoms with E-state index in [9.17, 15) is 0 Å². The van der Waals surface area contributed by atoms with Gasteiger partial charge in [-0.2, -0.15) is 0 Å². The predicted octanol–water partition coefficient (Wildman–Crippen LogP) is 1.16. The van der Waals surface area contributed by atoms with Crippen LogP contribution in [0.15, 0.2) is 5.10 Å². The average Bonchev–Trinajstić information content (AvgIpc) is 2.83. The molecule has 1 spiro atoms. The number of nitrogens with zero attached hydrogens (tertiary/aromatic N) is 2. The van der Waals surface area contributed by atoms with Crippen LogP contribution in [0, 0.1) is 5.41 Å². The first kappa shape index (κ1) is 12.2. The zero-order valence-electron chi connectivity index (χ0n) is 11.3. The lowest BCUT2D eigenvalue weighted by Crippen LogP contribution is -2.51. The molecule has 2 fully saturated rings. The highest BCUT2D eigenvalue weighted by atomic mass is 16.5. The molecule has 0 bridgehead atoms. The maximum Gasteiger partial charge on any atom is 0.235 e. The van der Waals surface area contributed by atoms with Crippen LogP contribution in [0.3, 0.4) is 0 Å². The Balaban J connectivity index is 1.63. The van der Waals surface area contributed by atoms with E-state index in [4.69, 9.17) is 9.47 Å². The van der Waals surface area contributed by atoms with E-state index in [-0.39, 0.29) is 6.10 Å². The molecule has 5 nitrogen and oxygen atoms in total. The Labute approximate surface area is 109 Å². The van der Waals surface area contributed by atoms with Crippen molar-refractivity contribution in [3.63, 3.8) is 0 Å². The van der Waals surface area contributed by atoms with E-state index < -0.39 is 0 Å². The van der Waals surface area contributed by atoms with Crippen molar-refractivity contribution in [1.29, 1.82) is 0 Å². The van der Waals surface area contributed by atoms with Gasteiger partial charge in [0, 0.05) is 26.6 Å². The van der Waals surface area contributed by atoms with Crippen molar-refractivity contribution in [3.05, 3.63) is 0 Å². The number of rotatable bonds is 2. The topological polar surface area (TPSA) is 46.1 Å². The summed E-state index contributed by atoms with van der Waals surface area (Å²) < 4.78 is 10.7. The van der Waals surface area contributed by atoms with Crippen LogP contribution in [-0.4, -0.2) is 50.4 Å². The molecule has 1 aliphatic carbocycles. The third-order valence-corrected chi connectivity index (χ3v) is 4.85. The average molecular weight is 253 g/mol. The lowest BCUT2D eigenvalue weighted by molar-refractivity contribution is 0.0563. The fourth-order valence-corrected chi connectivity index (χ4v) is 3.49. The molecule has 0 aromatic heterocycles. The van der Waals surface area contributed by atoms with Crippen molar-refractivity contribution in [2.45, 2.75) is 44.4 Å². The van der Waals surface area contributed by atoms with Crippen molar-refractivity contribution in [1.82, 2.24) is 10.3 Å². The summed E-state index contributed by atoms with van der Waals surface area (Å²) in [5, 5.41) is 4.30. The van der Waals surface area contributed by atoms with Gasteiger partial charge < -0.3 is 9.47 Å². The van der Waals surface area contributed by atoms with Gasteiger partial charge in [0.25, 0.3) is 0 Å². The Hall–Kier alpha value is -0.810. The van der Waals surface area contributed by atoms with Crippen molar-refractivity contribution < 1.29 is 9.47 Å². The van der Waals surface area contributed by atoms with E-state index in [0.717, 1.165) is 6.42 Å². The summed E-state index contributed by atoms with van der Waals surface area (Å²) in [6.45, 7) is 2.41. The molecular formula is C13H23N3O2. The van der Waals surface area contributed by atoms with Gasteiger partial charge in [-0.3, -0.25) is 10.3 Å². The number of hydrogen-bond acceptors (Lipinski definition) is 5. The van der Waals surface area contributed by atoms with Crippen molar-refractivity contribution >= 4 is 5.90 Å². The second-order valence-corrected chi connectivity index (χ2v) is 5.83. The molecule has 1 N–H and O–H groups in total. The van der Waals surface area contributed by atoms with Gasteiger partial charge in [-0.1, -0.05) is 6.42 Å². The first-order valence-corrected chi connectivity index (χ1v) is 6.90. The van der Waals surface area contributed by atoms with Crippen LogP contribution in [0.1, 0.15) is 32.1 Å². The Morgan fingerprint density at radius 2 is 2.17 bits per heavy atom. The Morgan fingerprint density at radius 1 is 1.33 bits per heavy atom. The predicted molar refractivity (Wildman–Crippen MR) is 69.3 cm³/mol. The summed E-state index contributed by atoms with van der Waals surface area (Å²) in [5.41, 5.74) is 3.86. The van der Waals surface area contributed by atoms with Gasteiger partial charge >= 0.3 is 0 Å². The van der Waals surface area contributed by atoms with E-state index in [1.807, 2.05) is 0 Å². The van der Waals surface area contributed by atoms with E-state index in [1.165, 1.54) is 38.8 Å². The van der Waals surface area contributed by atoms with Crippen LogP contribution < -0.4 is 5.43 Å². The maximum absolute atomic E-state index is 5.45. The van der Waals surface area contributed by atoms with Crippen molar-refractivity contribution in [2.75, 3.05) is 27.3 Å². The molecule has 3 aliphatic rings. The minimum Gasteiger partial charge on any atom is -0.481 e. The third-order valence-electron chi connectivity index (χ3n) is 4.85. The smallest absolute Gasteiger partial charge is 0.235 e. The van der Waals surface area contributed by atoms with Crippen LogP contribution in [0.2, 0.25) is 0 Å². The Morgan fingerprint density at radius 3 is 2.72 bits per heavy atom. The molecule has 0 radical (unpaired) electrons. The number of methoxy groups -OCH3 is 2. The van der Waals surface area contributed by atoms with Gasteiger partial charge in [0.05, 0.1) is 13.3 Å². The van der Waals surface area contributed by atoms with Crippen LogP contribution >= 0.6 is 0 Å². The van der Waals surface area contributed by atoms with E-state index >= 15 is 0 Å². The summed E-state index contributed by atoms with van der Waals surface area (Å²) >= 11 is 0. The van der Waals surface area contributed by atoms with Crippen LogP contribution in [0.5, 0.6) is 0 Å². The second kappa shape index (κ2) is 4.70. The molecule has 0 aromatic rings. The molecular weight excluding hydrogens is 230 g/mol. The van der Waals surface area contributed by atoms with Crippen LogP contribution in [-0.2, 0) is 9.47 Å². The molecule has 2 unspecified atom stereocenters. The lowest BCUT2D eigenvalue weighted by Gasteiger charge is -2.40. The first-order valence-electron chi connectivity index (χ1n) is 6.90. The molecule has 2 atom stereocenters. The fraction of sp³-hybridized carbons (Fsp3) is 0.923. The molecule has 1 saturated carbocycles. The van der Waals surface area contributed by atoms with Crippen LogP contribution in [0.4, 0.5) is 0 Å². The summed E-state index contributed by atoms with van der Waals surface area (Å²) in [5.74, 6) is 0.659. The minimum absolute atomic E-state index is 0.0146. The van der Waals surface area contributed by atoms with E-state index in [0.29, 0.717) is 17.5 Å². The normalized spacial score (nSPS) is 34.9. The largest absolute Gasteiger partial charge is 0.481 e. The molecule has 5 heteroatoms. The highest BCUT2D eigenvalue weighted by Gasteiger charge is 2.45. The van der Waals surface area contributed by atoms with Gasteiger partial charge in [-0.05, 0) is 24.7 Å². The molecule has 2 aliphatic heterocycles. The molecule has 0 aromatic carbocycles. The fourth-order valence-electron chi connectivity index (χ4n) is 3.49. The highest BCUT2D eigenvalue weighted by molar-refractivity contribution is 5.81. The molecule has 102 valence electrons. The molecule has 3 rings (SSSR count). The van der Waals surface area contributed by atoms with Crippen molar-refractivity contribution in [3.8, 4) is 0 Å². The number of nitrogens with one attached hydrogen (secondary N) is 1. The number of ether oxygens (including phenoxy) is 2. The zero-order chi connectivity index (χ0) is 12.6. The second-order valence-electron chi connectivity index (χ2n) is 5.83. The van der Waals surface area contributed by atoms with Crippen LogP contribution in [0.25, 0.3) is 0 Å². The lowest BCUT2D eigenvalue weighted by atomic mass is 9.68. The van der Waals surface area contributed by atoms with Gasteiger partial charge in [0.1, 0.15) is 6.10 Å². The Kier molecular flexibility index (Phi) is 3.20. The summed E-state index contributed by atoms with van der Waals surface area (Å²) in [6.07, 6.45) is 6.79. The van der Waals surface area contributed by atoms with E-state index in [1.54, 1.807) is 14.2 Å². The number of likely N-dealkylation sites (tertiary alicyclic amines) is 1. The summed E-state index contributed by atoms with van der Waals surface area (Å²) in [4.78, 5) is 2.53. The molecule has 0 amide bonds. The molecule has 2 heterocycles. The SMILES string of the molecule is COC1=NNC(N2CCC3(CCC3)C2)CC1OC. The zero-order valence-corrected chi connectivity index (χ0v) is 11.3. The highest BCUT2D eigenvalue weighted by Crippen LogP contribution is 2.48. The summed E-state index contributed by atoms with van der Waals surface area (Å²) in [7, 11) is 3.37. The van der Waals surface area contributed by atoms with Gasteiger partial charge in [-0.25, -0.2) is 0 Å². The van der Waals surface area contributed by atoms with E-state index in [2.05, 4.69) is 15.4 Å². The Bertz CT molecular complexity index is 341. The van der Waals surface area contributed by atoms with Crippen molar-refractivity contribution in [2.24, 2.45) is 10.5 Å². The maximum atomic E-state index is 5.45. The van der Waals surface area contributed by atoms with Gasteiger partial charge in [0.15, 0.2) is 0 Å². The molecule has 18 heavy (non-hydrogen) atoms. The van der Waals surface area contributed by atoms with Gasteiger partial charge in [0.2, 0.25) is 5.90 Å². The summed E-state index contributed by atoms with van der Waals surface area (Å²) in [6, 6.07) is 0. The number of hydrazone groups is 1. The first-order chi connectivity index (χ1) is 8.76. The standard InChI is InChI=1S/C13H23N3O2/c1-17-10-8-11(14-15-12(10)18-2)16-7-6-13(9-16)4-3-5-13/h10-11,14H,3-9H2,1-2H3. The quantitative estimate of drug-likeness (QED) is 0.802. The minimum atomic E-state index is -0.0146. The third kappa shape index (κ3) is 1.99. The number of hydrogen-bond donors (Lipinski definition) is 1. The monoisotopic (exact) mass is 253 g/mol. The molecule has 1 saturated heterocycles.